The largest absolute Gasteiger partial charge is 0.309 e. The molecular weight excluding hydrogens is 397 g/mol. The van der Waals surface area contributed by atoms with E-state index in [9.17, 15) is 9.18 Å². The fourth-order valence-corrected chi connectivity index (χ4v) is 4.01. The summed E-state index contributed by atoms with van der Waals surface area (Å²) in [6.07, 6.45) is 0.780. The van der Waals surface area contributed by atoms with E-state index in [1.54, 1.807) is 17.9 Å². The molecule has 10 heteroatoms. The molecule has 140 valence electrons. The second kappa shape index (κ2) is 8.81. The van der Waals surface area contributed by atoms with Gasteiger partial charge in [0.15, 0.2) is 5.13 Å². The first kappa shape index (κ1) is 20.6. The van der Waals surface area contributed by atoms with E-state index < -0.39 is 0 Å². The second-order valence-corrected chi connectivity index (χ2v) is 7.65. The van der Waals surface area contributed by atoms with Crippen LogP contribution < -0.4 is 4.90 Å². The van der Waals surface area contributed by atoms with Crippen LogP contribution >= 0.6 is 35.3 Å². The lowest BCUT2D eigenvalue weighted by Gasteiger charge is -2.20. The van der Waals surface area contributed by atoms with Crippen molar-refractivity contribution in [3.05, 3.63) is 34.6 Å². The first-order chi connectivity index (χ1) is 12.0. The SMILES string of the molecule is Cc1nnsc1C(=O)N(CCCN(C)C)c1nc2c(F)cccc2s1.Cl. The molecule has 1 aromatic carbocycles. The van der Waals surface area contributed by atoms with E-state index >= 15 is 0 Å². The molecule has 2 heterocycles. The Balaban J connectivity index is 0.00000243. The number of aromatic nitrogens is 3. The standard InChI is InChI=1S/C16H18FN5OS2.ClH/c1-10-14(25-20-19-10)15(23)22(9-5-8-21(2)3)16-18-13-11(17)6-4-7-12(13)24-16;/h4,6-7H,5,8-9H2,1-3H3;1H. The van der Waals surface area contributed by atoms with Crippen molar-refractivity contribution < 1.29 is 9.18 Å². The van der Waals surface area contributed by atoms with Gasteiger partial charge in [0, 0.05) is 6.54 Å². The summed E-state index contributed by atoms with van der Waals surface area (Å²) in [4.78, 5) is 21.5. The highest BCUT2D eigenvalue weighted by atomic mass is 35.5. The molecule has 3 rings (SSSR count). The number of amides is 1. The fourth-order valence-electron chi connectivity index (χ4n) is 2.40. The predicted molar refractivity (Wildman–Crippen MR) is 106 cm³/mol. The van der Waals surface area contributed by atoms with Gasteiger partial charge in [0.1, 0.15) is 16.2 Å². The van der Waals surface area contributed by atoms with Gasteiger partial charge in [-0.1, -0.05) is 21.9 Å². The Hall–Kier alpha value is -1.68. The number of halogens is 2. The molecule has 0 radical (unpaired) electrons. The first-order valence-corrected chi connectivity index (χ1v) is 9.37. The number of hydrogen-bond acceptors (Lipinski definition) is 7. The zero-order chi connectivity index (χ0) is 18.0. The summed E-state index contributed by atoms with van der Waals surface area (Å²) < 4.78 is 18.5. The Labute approximate surface area is 165 Å². The third-order valence-electron chi connectivity index (χ3n) is 3.67. The normalized spacial score (nSPS) is 11.0. The van der Waals surface area contributed by atoms with E-state index in [2.05, 4.69) is 19.5 Å². The number of rotatable bonds is 6. The van der Waals surface area contributed by atoms with Crippen LogP contribution in [0.2, 0.25) is 0 Å². The minimum absolute atomic E-state index is 0. The summed E-state index contributed by atoms with van der Waals surface area (Å²) in [5.41, 5.74) is 0.895. The minimum Gasteiger partial charge on any atom is -0.309 e. The molecule has 0 saturated heterocycles. The third-order valence-corrected chi connectivity index (χ3v) is 5.53. The van der Waals surface area contributed by atoms with Crippen molar-refractivity contribution in [3.63, 3.8) is 0 Å². The van der Waals surface area contributed by atoms with Gasteiger partial charge in [0.2, 0.25) is 0 Å². The molecule has 0 spiro atoms. The van der Waals surface area contributed by atoms with Gasteiger partial charge in [-0.15, -0.1) is 17.5 Å². The quantitative estimate of drug-likeness (QED) is 0.615. The number of thiazole rings is 1. The van der Waals surface area contributed by atoms with E-state index in [0.717, 1.165) is 29.2 Å². The van der Waals surface area contributed by atoms with Crippen LogP contribution in [0.15, 0.2) is 18.2 Å². The molecule has 0 bridgehead atoms. The van der Waals surface area contributed by atoms with Crippen LogP contribution in [0.1, 0.15) is 21.8 Å². The average molecular weight is 416 g/mol. The third kappa shape index (κ3) is 4.35. The lowest BCUT2D eigenvalue weighted by molar-refractivity contribution is 0.0989. The molecule has 0 aliphatic carbocycles. The van der Waals surface area contributed by atoms with E-state index in [4.69, 9.17) is 0 Å². The second-order valence-electron chi connectivity index (χ2n) is 5.88. The van der Waals surface area contributed by atoms with Gasteiger partial charge >= 0.3 is 0 Å². The Bertz CT molecular complexity index is 898. The van der Waals surface area contributed by atoms with Crippen LogP contribution in [0.3, 0.4) is 0 Å². The smallest absolute Gasteiger partial charge is 0.273 e. The van der Waals surface area contributed by atoms with Gasteiger partial charge in [-0.05, 0) is 57.6 Å². The molecule has 6 nitrogen and oxygen atoms in total. The zero-order valence-electron chi connectivity index (χ0n) is 14.6. The van der Waals surface area contributed by atoms with Crippen molar-refractivity contribution in [2.24, 2.45) is 0 Å². The van der Waals surface area contributed by atoms with Crippen molar-refractivity contribution in [3.8, 4) is 0 Å². The summed E-state index contributed by atoms with van der Waals surface area (Å²) >= 11 is 2.38. The number of hydrogen-bond donors (Lipinski definition) is 0. The lowest BCUT2D eigenvalue weighted by atomic mass is 10.3. The van der Waals surface area contributed by atoms with E-state index in [1.807, 2.05) is 20.2 Å². The summed E-state index contributed by atoms with van der Waals surface area (Å²) in [6, 6.07) is 4.83. The van der Waals surface area contributed by atoms with Crippen molar-refractivity contribution in [2.45, 2.75) is 13.3 Å². The zero-order valence-corrected chi connectivity index (χ0v) is 17.0. The molecule has 0 fully saturated rings. The number of fused-ring (bicyclic) bond motifs is 1. The highest BCUT2D eigenvalue weighted by molar-refractivity contribution is 7.22. The summed E-state index contributed by atoms with van der Waals surface area (Å²) in [5.74, 6) is -0.568. The molecular formula is C16H19ClFN5OS2. The molecule has 1 amide bonds. The number of carbonyl (C=O) groups is 1. The van der Waals surface area contributed by atoms with Gasteiger partial charge in [0.05, 0.1) is 10.4 Å². The topological polar surface area (TPSA) is 62.2 Å². The van der Waals surface area contributed by atoms with Crippen molar-refractivity contribution in [1.29, 1.82) is 0 Å². The molecule has 0 atom stereocenters. The van der Waals surface area contributed by atoms with Crippen LogP contribution in [0.25, 0.3) is 10.2 Å². The van der Waals surface area contributed by atoms with Gasteiger partial charge in [0.25, 0.3) is 5.91 Å². The number of aryl methyl sites for hydroxylation is 1. The average Bonchev–Trinajstić information content (AvgIpc) is 3.17. The van der Waals surface area contributed by atoms with Crippen LogP contribution in [0.5, 0.6) is 0 Å². The minimum atomic E-state index is -0.378. The monoisotopic (exact) mass is 415 g/mol. The van der Waals surface area contributed by atoms with Crippen LogP contribution in [-0.2, 0) is 0 Å². The fraction of sp³-hybridized carbons (Fsp3) is 0.375. The Kier molecular flexibility index (Phi) is 6.99. The molecule has 3 aromatic rings. The predicted octanol–water partition coefficient (Wildman–Crippen LogP) is 3.62. The molecule has 0 N–H and O–H groups in total. The summed E-state index contributed by atoms with van der Waals surface area (Å²) in [5, 5.41) is 4.41. The Morgan fingerprint density at radius 2 is 2.04 bits per heavy atom. The van der Waals surface area contributed by atoms with E-state index in [-0.39, 0.29) is 24.1 Å². The van der Waals surface area contributed by atoms with Gasteiger partial charge in [-0.2, -0.15) is 0 Å². The molecule has 0 aliphatic heterocycles. The maximum Gasteiger partial charge on any atom is 0.273 e. The first-order valence-electron chi connectivity index (χ1n) is 7.78. The number of benzene rings is 1. The Morgan fingerprint density at radius 1 is 1.27 bits per heavy atom. The number of nitrogens with zero attached hydrogens (tertiary/aromatic N) is 5. The van der Waals surface area contributed by atoms with Gasteiger partial charge in [-0.3, -0.25) is 9.69 Å². The molecule has 26 heavy (non-hydrogen) atoms. The number of anilines is 1. The van der Waals surface area contributed by atoms with Crippen LogP contribution in [-0.4, -0.2) is 52.6 Å². The lowest BCUT2D eigenvalue weighted by Crippen LogP contribution is -2.33. The highest BCUT2D eigenvalue weighted by Crippen LogP contribution is 2.31. The van der Waals surface area contributed by atoms with E-state index in [1.165, 1.54) is 17.4 Å². The van der Waals surface area contributed by atoms with Gasteiger partial charge in [-0.25, -0.2) is 9.37 Å². The number of para-hydroxylation sites is 1. The number of carbonyl (C=O) groups excluding carboxylic acids is 1. The molecule has 0 saturated carbocycles. The summed E-state index contributed by atoms with van der Waals surface area (Å²) in [7, 11) is 3.97. The molecule has 0 unspecified atom stereocenters. The van der Waals surface area contributed by atoms with Crippen molar-refractivity contribution in [1.82, 2.24) is 19.5 Å². The Morgan fingerprint density at radius 3 is 2.65 bits per heavy atom. The maximum absolute atomic E-state index is 14.0. The van der Waals surface area contributed by atoms with Gasteiger partial charge < -0.3 is 4.90 Å². The van der Waals surface area contributed by atoms with E-state index in [0.29, 0.717) is 27.8 Å². The van der Waals surface area contributed by atoms with Crippen LogP contribution in [0.4, 0.5) is 9.52 Å². The van der Waals surface area contributed by atoms with Crippen LogP contribution in [0, 0.1) is 12.7 Å². The molecule has 0 aliphatic rings. The van der Waals surface area contributed by atoms with Crippen molar-refractivity contribution >= 4 is 56.5 Å². The highest BCUT2D eigenvalue weighted by Gasteiger charge is 2.25. The van der Waals surface area contributed by atoms with Crippen molar-refractivity contribution in [2.75, 3.05) is 32.1 Å². The summed E-state index contributed by atoms with van der Waals surface area (Å²) in [6.45, 7) is 3.09. The maximum atomic E-state index is 14.0. The molecule has 2 aromatic heterocycles.